The average Bonchev–Trinajstić information content (AvgIpc) is 3.79. The monoisotopic (exact) mass is 766 g/mol. The number of fused-ring (bicyclic) bond motifs is 3. The number of para-hydroxylation sites is 1. The van der Waals surface area contributed by atoms with E-state index in [2.05, 4.69) is 224 Å². The molecule has 0 unspecified atom stereocenters. The summed E-state index contributed by atoms with van der Waals surface area (Å²) >= 11 is 0. The molecule has 58 heavy (non-hydrogen) atoms. The van der Waals surface area contributed by atoms with Crippen molar-refractivity contribution in [3.63, 3.8) is 0 Å². The number of hydrogen-bond donors (Lipinski definition) is 0. The van der Waals surface area contributed by atoms with Crippen LogP contribution in [-0.2, 0) is 16.2 Å². The summed E-state index contributed by atoms with van der Waals surface area (Å²) in [6.07, 6.45) is 4.27. The van der Waals surface area contributed by atoms with Crippen LogP contribution in [0.15, 0.2) is 145 Å². The third-order valence-corrected chi connectivity index (χ3v) is 11.8. The molecule has 0 saturated heterocycles. The third kappa shape index (κ3) is 7.39. The maximum absolute atomic E-state index is 6.92. The number of benzene rings is 5. The van der Waals surface area contributed by atoms with Crippen LogP contribution in [0, 0.1) is 5.41 Å². The van der Waals surface area contributed by atoms with Gasteiger partial charge in [0.25, 0.3) is 0 Å². The molecule has 0 radical (unpaired) electrons. The van der Waals surface area contributed by atoms with Gasteiger partial charge in [0, 0.05) is 63.2 Å². The predicted molar refractivity (Wildman–Crippen MR) is 245 cm³/mol. The molecule has 5 nitrogen and oxygen atoms in total. The second-order valence-electron chi connectivity index (χ2n) is 19.6. The van der Waals surface area contributed by atoms with Crippen LogP contribution in [0.25, 0.3) is 27.6 Å². The highest BCUT2D eigenvalue weighted by molar-refractivity contribution is 6.09. The zero-order valence-electron chi connectivity index (χ0n) is 36.2. The van der Waals surface area contributed by atoms with Crippen LogP contribution in [-0.4, -0.2) is 16.2 Å². The minimum absolute atomic E-state index is 0.00175. The molecule has 8 rings (SSSR count). The normalized spacial score (nSPS) is 14.1. The van der Waals surface area contributed by atoms with E-state index in [1.165, 1.54) is 44.4 Å². The van der Waals surface area contributed by atoms with Crippen molar-refractivity contribution in [1.29, 1.82) is 0 Å². The Morgan fingerprint density at radius 3 is 1.90 bits per heavy atom. The molecule has 296 valence electrons. The molecule has 5 aromatic carbocycles. The minimum atomic E-state index is -0.134. The summed E-state index contributed by atoms with van der Waals surface area (Å²) in [7, 11) is 0. The molecule has 0 N–H and O–H groups in total. The first kappa shape index (κ1) is 39.0. The van der Waals surface area contributed by atoms with Gasteiger partial charge in [0.05, 0.1) is 17.7 Å². The van der Waals surface area contributed by atoms with Crippen LogP contribution >= 0.6 is 0 Å². The molecule has 0 atom stereocenters. The molecule has 1 aliphatic rings. The van der Waals surface area contributed by atoms with Crippen molar-refractivity contribution in [3.05, 3.63) is 168 Å². The van der Waals surface area contributed by atoms with Gasteiger partial charge in [-0.25, -0.2) is 4.98 Å². The van der Waals surface area contributed by atoms with Crippen molar-refractivity contribution in [3.8, 4) is 17.3 Å². The van der Waals surface area contributed by atoms with Gasteiger partial charge >= 0.3 is 0 Å². The quantitative estimate of drug-likeness (QED) is 0.162. The Kier molecular flexibility index (Phi) is 9.58. The van der Waals surface area contributed by atoms with Gasteiger partial charge in [0.1, 0.15) is 17.3 Å². The maximum Gasteiger partial charge on any atom is 0.137 e. The van der Waals surface area contributed by atoms with Crippen LogP contribution < -0.4 is 14.5 Å². The van der Waals surface area contributed by atoms with Gasteiger partial charge in [-0.1, -0.05) is 137 Å². The summed E-state index contributed by atoms with van der Waals surface area (Å²) in [4.78, 5) is 9.75. The molecular formula is C53H58N4O. The van der Waals surface area contributed by atoms with Crippen molar-refractivity contribution in [2.75, 3.05) is 16.5 Å². The fourth-order valence-corrected chi connectivity index (χ4v) is 8.19. The predicted octanol–water partition coefficient (Wildman–Crippen LogP) is 14.1. The zero-order valence-corrected chi connectivity index (χ0v) is 36.2. The van der Waals surface area contributed by atoms with Gasteiger partial charge in [-0.15, -0.1) is 0 Å². The van der Waals surface area contributed by atoms with Gasteiger partial charge in [-0.05, 0) is 87.7 Å². The summed E-state index contributed by atoms with van der Waals surface area (Å²) in [6, 6.07) is 46.0. The lowest BCUT2D eigenvalue weighted by Gasteiger charge is -2.32. The minimum Gasteiger partial charge on any atom is -0.457 e. The first-order valence-corrected chi connectivity index (χ1v) is 20.6. The van der Waals surface area contributed by atoms with Crippen LogP contribution in [0.2, 0.25) is 0 Å². The molecule has 0 saturated carbocycles. The molecule has 1 aliphatic heterocycles. The summed E-state index contributed by atoms with van der Waals surface area (Å²) in [5, 5.41) is 2.36. The van der Waals surface area contributed by atoms with Gasteiger partial charge in [0.15, 0.2) is 0 Å². The number of pyridine rings is 1. The number of aromatic nitrogens is 2. The fourth-order valence-electron chi connectivity index (χ4n) is 8.19. The van der Waals surface area contributed by atoms with E-state index in [0.29, 0.717) is 6.67 Å². The summed E-state index contributed by atoms with van der Waals surface area (Å²) in [6.45, 7) is 25.8. The number of rotatable bonds is 7. The van der Waals surface area contributed by atoms with Crippen molar-refractivity contribution >= 4 is 33.2 Å². The Hall–Kier alpha value is -5.81. The Morgan fingerprint density at radius 2 is 1.17 bits per heavy atom. The number of nitrogens with zero attached hydrogens (tertiary/aromatic N) is 4. The highest BCUT2D eigenvalue weighted by Crippen LogP contribution is 2.43. The van der Waals surface area contributed by atoms with Crippen molar-refractivity contribution in [2.45, 2.75) is 92.4 Å². The van der Waals surface area contributed by atoms with E-state index in [4.69, 9.17) is 9.72 Å². The van der Waals surface area contributed by atoms with E-state index >= 15 is 0 Å². The van der Waals surface area contributed by atoms with Crippen LogP contribution in [0.3, 0.4) is 0 Å². The zero-order chi connectivity index (χ0) is 41.2. The first-order valence-electron chi connectivity index (χ1n) is 20.6. The second-order valence-corrected chi connectivity index (χ2v) is 19.6. The Morgan fingerprint density at radius 1 is 0.500 bits per heavy atom. The molecule has 0 aliphatic carbocycles. The topological polar surface area (TPSA) is 33.5 Å². The molecule has 7 aromatic rings. The number of ether oxygens (including phenoxy) is 1. The smallest absolute Gasteiger partial charge is 0.137 e. The Balaban J connectivity index is 1.18. The van der Waals surface area contributed by atoms with Crippen molar-refractivity contribution in [2.24, 2.45) is 5.41 Å². The summed E-state index contributed by atoms with van der Waals surface area (Å²) in [5.41, 5.74) is 10.5. The lowest BCUT2D eigenvalue weighted by atomic mass is 9.78. The van der Waals surface area contributed by atoms with E-state index < -0.39 is 0 Å². The van der Waals surface area contributed by atoms with E-state index in [9.17, 15) is 0 Å². The van der Waals surface area contributed by atoms with Crippen molar-refractivity contribution in [1.82, 2.24) is 9.55 Å². The lowest BCUT2D eigenvalue weighted by molar-refractivity contribution is 0.477. The van der Waals surface area contributed by atoms with E-state index in [0.717, 1.165) is 34.0 Å². The fraction of sp³-hybridized carbons (Fsp3) is 0.302. The van der Waals surface area contributed by atoms with E-state index in [1.807, 2.05) is 6.20 Å². The van der Waals surface area contributed by atoms with Gasteiger partial charge in [-0.3, -0.25) is 4.57 Å². The van der Waals surface area contributed by atoms with Gasteiger partial charge in [-0.2, -0.15) is 0 Å². The van der Waals surface area contributed by atoms with Crippen LogP contribution in [0.5, 0.6) is 11.5 Å². The highest BCUT2D eigenvalue weighted by atomic mass is 16.5. The lowest BCUT2D eigenvalue weighted by Crippen LogP contribution is -2.31. The molecule has 2 aromatic heterocycles. The summed E-state index contributed by atoms with van der Waals surface area (Å²) in [5.74, 6) is 2.51. The Bertz CT molecular complexity index is 2660. The van der Waals surface area contributed by atoms with Crippen molar-refractivity contribution < 1.29 is 4.74 Å². The second kappa shape index (κ2) is 14.2. The third-order valence-electron chi connectivity index (χ3n) is 11.8. The van der Waals surface area contributed by atoms with Crippen LogP contribution in [0.4, 0.5) is 11.4 Å². The van der Waals surface area contributed by atoms with E-state index in [-0.39, 0.29) is 21.7 Å². The number of hydrogen-bond acceptors (Lipinski definition) is 4. The van der Waals surface area contributed by atoms with Gasteiger partial charge < -0.3 is 14.5 Å². The Labute approximate surface area is 345 Å². The number of allylic oxidation sites excluding steroid dienone is 1. The first-order chi connectivity index (χ1) is 27.4. The molecule has 0 amide bonds. The highest BCUT2D eigenvalue weighted by Gasteiger charge is 2.33. The molecule has 0 bridgehead atoms. The van der Waals surface area contributed by atoms with Crippen LogP contribution in [0.1, 0.15) is 98.4 Å². The van der Waals surface area contributed by atoms with E-state index in [1.54, 1.807) is 0 Å². The van der Waals surface area contributed by atoms with Gasteiger partial charge in [0.2, 0.25) is 0 Å². The maximum atomic E-state index is 6.92. The largest absolute Gasteiger partial charge is 0.457 e. The molecule has 5 heteroatoms. The molecular weight excluding hydrogens is 709 g/mol. The molecule has 0 fully saturated rings. The summed E-state index contributed by atoms with van der Waals surface area (Å²) < 4.78 is 9.20. The standard InChI is InChI=1S/C53H58N4O/c1-50(2,3)37-26-27-54-49(31-37)57-46-23-16-15-22-44(46)45-25-24-42(33-47(45)57)58-43-30-39(51(4,5)6)29-41(32-43)56-35-55(34-48(56)52(7,8)9)40-21-17-20-38(28-40)53(10,11)36-18-13-12-14-19-36/h12-34H,35H2,1-11H3. The molecule has 0 spiro atoms. The molecule has 3 heterocycles. The number of anilines is 2. The average molecular weight is 767 g/mol. The SMILES string of the molecule is CC(C)(C)C1=CN(c2cccc(C(C)(C)c3ccccc3)c2)CN1c1cc(Oc2ccc3c4ccccc4n(-c4cc(C(C)(C)C)ccn4)c3c2)cc(C(C)(C)C)c1.